The molecular weight excluding hydrogens is 306 g/mol. The van der Waals surface area contributed by atoms with Crippen molar-refractivity contribution in [2.75, 3.05) is 18.8 Å². The summed E-state index contributed by atoms with van der Waals surface area (Å²) in [6, 6.07) is 20.3. The Hall–Kier alpha value is -1.78. The Morgan fingerprint density at radius 1 is 1.09 bits per heavy atom. The first-order valence-corrected chi connectivity index (χ1v) is 8.94. The van der Waals surface area contributed by atoms with Crippen LogP contribution >= 0.6 is 11.8 Å². The number of ether oxygens (including phenoxy) is 1. The van der Waals surface area contributed by atoms with Crippen molar-refractivity contribution < 1.29 is 9.53 Å². The molecule has 23 heavy (non-hydrogen) atoms. The molecule has 0 saturated carbocycles. The van der Waals surface area contributed by atoms with Gasteiger partial charge < -0.3 is 10.1 Å². The van der Waals surface area contributed by atoms with Crippen molar-refractivity contribution in [3.8, 4) is 0 Å². The van der Waals surface area contributed by atoms with Crippen LogP contribution < -0.4 is 5.32 Å². The highest BCUT2D eigenvalue weighted by Crippen LogP contribution is 2.28. The van der Waals surface area contributed by atoms with Gasteiger partial charge in [0.1, 0.15) is 6.10 Å². The van der Waals surface area contributed by atoms with Crippen molar-refractivity contribution in [3.63, 3.8) is 0 Å². The zero-order valence-corrected chi connectivity index (χ0v) is 13.8. The lowest BCUT2D eigenvalue weighted by Crippen LogP contribution is -2.42. The summed E-state index contributed by atoms with van der Waals surface area (Å²) in [5.74, 6) is 0.485. The fourth-order valence-electron chi connectivity index (χ4n) is 2.90. The summed E-state index contributed by atoms with van der Waals surface area (Å²) in [4.78, 5) is 13.3. The topological polar surface area (TPSA) is 38.3 Å². The zero-order chi connectivity index (χ0) is 15.9. The quantitative estimate of drug-likeness (QED) is 0.674. The number of hydrogen-bond acceptors (Lipinski definition) is 4. The molecule has 1 N–H and O–H groups in total. The van der Waals surface area contributed by atoms with Crippen LogP contribution in [0.3, 0.4) is 0 Å². The molecule has 1 saturated heterocycles. The second-order valence-electron chi connectivity index (χ2n) is 5.64. The van der Waals surface area contributed by atoms with E-state index in [-0.39, 0.29) is 18.0 Å². The van der Waals surface area contributed by atoms with Gasteiger partial charge in [-0.15, -0.1) is 11.8 Å². The number of carbonyl (C=O) groups excluding carboxylic acids is 1. The molecular formula is C19H21NO2S. The molecule has 2 aromatic rings. The van der Waals surface area contributed by atoms with Gasteiger partial charge in [0.25, 0.3) is 0 Å². The van der Waals surface area contributed by atoms with Crippen molar-refractivity contribution in [1.82, 2.24) is 5.32 Å². The lowest BCUT2D eigenvalue weighted by Gasteiger charge is -2.32. The van der Waals surface area contributed by atoms with E-state index in [1.54, 1.807) is 0 Å². The average Bonchev–Trinajstić information content (AvgIpc) is 2.62. The SMILES string of the molecule is O=C(CSc1ccccc1)O[C@@H]1CNCC[C@@H]1c1ccccc1. The van der Waals surface area contributed by atoms with E-state index in [1.807, 2.05) is 48.5 Å². The van der Waals surface area contributed by atoms with E-state index in [2.05, 4.69) is 17.4 Å². The normalized spacial score (nSPS) is 20.9. The van der Waals surface area contributed by atoms with Crippen LogP contribution in [0.5, 0.6) is 0 Å². The van der Waals surface area contributed by atoms with Gasteiger partial charge in [0.05, 0.1) is 5.75 Å². The van der Waals surface area contributed by atoms with Crippen molar-refractivity contribution in [2.45, 2.75) is 23.3 Å². The third kappa shape index (κ3) is 4.60. The Morgan fingerprint density at radius 3 is 2.52 bits per heavy atom. The number of rotatable bonds is 5. The predicted molar refractivity (Wildman–Crippen MR) is 93.7 cm³/mol. The molecule has 2 atom stereocenters. The predicted octanol–water partition coefficient (Wildman–Crippen LogP) is 3.47. The van der Waals surface area contributed by atoms with Gasteiger partial charge in [-0.2, -0.15) is 0 Å². The zero-order valence-electron chi connectivity index (χ0n) is 13.0. The van der Waals surface area contributed by atoms with Gasteiger partial charge in [-0.25, -0.2) is 0 Å². The monoisotopic (exact) mass is 327 g/mol. The maximum absolute atomic E-state index is 12.2. The van der Waals surface area contributed by atoms with Crippen molar-refractivity contribution in [3.05, 3.63) is 66.2 Å². The van der Waals surface area contributed by atoms with Crippen LogP contribution in [0.25, 0.3) is 0 Å². The molecule has 1 fully saturated rings. The van der Waals surface area contributed by atoms with E-state index in [9.17, 15) is 4.79 Å². The summed E-state index contributed by atoms with van der Waals surface area (Å²) in [5, 5.41) is 3.33. The second kappa shape index (κ2) is 8.18. The largest absolute Gasteiger partial charge is 0.460 e. The lowest BCUT2D eigenvalue weighted by atomic mass is 9.88. The van der Waals surface area contributed by atoms with E-state index < -0.39 is 0 Å². The van der Waals surface area contributed by atoms with Crippen LogP contribution in [0.1, 0.15) is 17.9 Å². The van der Waals surface area contributed by atoms with Crippen LogP contribution in [0, 0.1) is 0 Å². The summed E-state index contributed by atoms with van der Waals surface area (Å²) >= 11 is 1.52. The van der Waals surface area contributed by atoms with Crippen LogP contribution in [-0.2, 0) is 9.53 Å². The first-order chi connectivity index (χ1) is 11.3. The van der Waals surface area contributed by atoms with Crippen molar-refractivity contribution in [1.29, 1.82) is 0 Å². The van der Waals surface area contributed by atoms with Crippen LogP contribution in [0.4, 0.5) is 0 Å². The Labute approximate surface area is 141 Å². The highest BCUT2D eigenvalue weighted by Gasteiger charge is 2.29. The van der Waals surface area contributed by atoms with E-state index in [4.69, 9.17) is 4.74 Å². The number of thioether (sulfide) groups is 1. The summed E-state index contributed by atoms with van der Waals surface area (Å²) < 4.78 is 5.76. The summed E-state index contributed by atoms with van der Waals surface area (Å²) in [6.07, 6.45) is 0.906. The molecule has 0 radical (unpaired) electrons. The van der Waals surface area contributed by atoms with Gasteiger partial charge in [-0.3, -0.25) is 4.79 Å². The second-order valence-corrected chi connectivity index (χ2v) is 6.69. The van der Waals surface area contributed by atoms with E-state index in [1.165, 1.54) is 17.3 Å². The highest BCUT2D eigenvalue weighted by molar-refractivity contribution is 8.00. The molecule has 1 heterocycles. The Balaban J connectivity index is 1.57. The molecule has 1 aliphatic rings. The van der Waals surface area contributed by atoms with E-state index >= 15 is 0 Å². The summed E-state index contributed by atoms with van der Waals surface area (Å²) in [6.45, 7) is 1.69. The van der Waals surface area contributed by atoms with Crippen molar-refractivity contribution >= 4 is 17.7 Å². The fourth-order valence-corrected chi connectivity index (χ4v) is 3.60. The standard InChI is InChI=1S/C19H21NO2S/c21-19(14-23-16-9-5-2-6-10-16)22-18-13-20-12-11-17(18)15-7-3-1-4-8-15/h1-10,17-18,20H,11-14H2/t17-,18-/m1/s1. The molecule has 3 rings (SSSR count). The summed E-state index contributed by atoms with van der Waals surface area (Å²) in [7, 11) is 0. The van der Waals surface area contributed by atoms with Gasteiger partial charge in [0.2, 0.25) is 0 Å². The molecule has 2 aromatic carbocycles. The summed E-state index contributed by atoms with van der Waals surface area (Å²) in [5.41, 5.74) is 1.25. The molecule has 0 unspecified atom stereocenters. The minimum absolute atomic E-state index is 0.0879. The number of nitrogens with one attached hydrogen (secondary N) is 1. The maximum Gasteiger partial charge on any atom is 0.316 e. The third-order valence-corrected chi connectivity index (χ3v) is 5.02. The van der Waals surface area contributed by atoms with Crippen molar-refractivity contribution in [2.24, 2.45) is 0 Å². The van der Waals surface area contributed by atoms with Crippen LogP contribution in [0.2, 0.25) is 0 Å². The molecule has 4 heteroatoms. The molecule has 0 spiro atoms. The van der Waals surface area contributed by atoms with Gasteiger partial charge >= 0.3 is 5.97 Å². The molecule has 0 bridgehead atoms. The number of benzene rings is 2. The Morgan fingerprint density at radius 2 is 1.78 bits per heavy atom. The molecule has 0 aromatic heterocycles. The average molecular weight is 327 g/mol. The fraction of sp³-hybridized carbons (Fsp3) is 0.316. The first kappa shape index (κ1) is 16.1. The number of piperidine rings is 1. The lowest BCUT2D eigenvalue weighted by molar-refractivity contribution is -0.147. The van der Waals surface area contributed by atoms with Gasteiger partial charge in [0.15, 0.2) is 0 Å². The van der Waals surface area contributed by atoms with Gasteiger partial charge in [-0.1, -0.05) is 48.5 Å². The van der Waals surface area contributed by atoms with Gasteiger partial charge in [0, 0.05) is 17.4 Å². The maximum atomic E-state index is 12.2. The van der Waals surface area contributed by atoms with E-state index in [0.717, 1.165) is 24.4 Å². The molecule has 0 aliphatic carbocycles. The smallest absolute Gasteiger partial charge is 0.316 e. The molecule has 3 nitrogen and oxygen atoms in total. The van der Waals surface area contributed by atoms with Crippen LogP contribution in [-0.4, -0.2) is 30.9 Å². The third-order valence-electron chi connectivity index (χ3n) is 4.04. The minimum atomic E-state index is -0.145. The highest BCUT2D eigenvalue weighted by atomic mass is 32.2. The van der Waals surface area contributed by atoms with Gasteiger partial charge in [-0.05, 0) is 30.7 Å². The molecule has 0 amide bonds. The molecule has 1 aliphatic heterocycles. The minimum Gasteiger partial charge on any atom is -0.460 e. The number of hydrogen-bond donors (Lipinski definition) is 1. The molecule has 120 valence electrons. The van der Waals surface area contributed by atoms with Crippen LogP contribution in [0.15, 0.2) is 65.6 Å². The number of esters is 1. The Bertz CT molecular complexity index is 618. The number of carbonyl (C=O) groups is 1. The first-order valence-electron chi connectivity index (χ1n) is 7.96. The van der Waals surface area contributed by atoms with E-state index in [0.29, 0.717) is 5.75 Å². The Kier molecular flexibility index (Phi) is 5.72.